The number of nitrogens with zero attached hydrogens (tertiary/aromatic N) is 4. The van der Waals surface area contributed by atoms with Gasteiger partial charge in [0, 0.05) is 52.4 Å². The lowest BCUT2D eigenvalue weighted by atomic mass is 10.2. The zero-order valence-electron chi connectivity index (χ0n) is 21.7. The standard InChI is InChI=1S/C24H42N4O6/c1-23(2,3)33-19(29)17-25-9-7-11-27-15-16-28(22(32)21(27)31)12-8-10-26(14-13-25)18-20(30)34-24(4,5)6/h7-18H2,1-6H3. The molecule has 3 aliphatic heterocycles. The van der Waals surface area contributed by atoms with E-state index in [2.05, 4.69) is 0 Å². The molecule has 3 aliphatic rings. The fourth-order valence-corrected chi connectivity index (χ4v) is 4.05. The molecule has 34 heavy (non-hydrogen) atoms. The quantitative estimate of drug-likeness (QED) is 0.427. The molecule has 0 spiro atoms. The Hall–Kier alpha value is -2.20. The second-order valence-electron chi connectivity index (χ2n) is 11.0. The molecule has 3 saturated heterocycles. The lowest BCUT2D eigenvalue weighted by Gasteiger charge is -2.35. The van der Waals surface area contributed by atoms with Crippen LogP contribution in [0.2, 0.25) is 0 Å². The van der Waals surface area contributed by atoms with Gasteiger partial charge >= 0.3 is 23.8 Å². The number of ether oxygens (including phenoxy) is 2. The minimum Gasteiger partial charge on any atom is -0.459 e. The maximum atomic E-state index is 12.5. The zero-order valence-corrected chi connectivity index (χ0v) is 21.7. The predicted molar refractivity (Wildman–Crippen MR) is 127 cm³/mol. The van der Waals surface area contributed by atoms with Crippen LogP contribution in [-0.4, -0.2) is 120 Å². The molecule has 0 atom stereocenters. The summed E-state index contributed by atoms with van der Waals surface area (Å²) in [5.41, 5.74) is -1.15. The number of esters is 2. The molecule has 10 nitrogen and oxygen atoms in total. The SMILES string of the molecule is CC(C)(C)OC(=O)CN1CCCN2CCN(CCCN(CC(=O)OC(C)(C)C)CC1)C(=O)C2=O. The largest absolute Gasteiger partial charge is 0.459 e. The van der Waals surface area contributed by atoms with Gasteiger partial charge in [-0.25, -0.2) is 0 Å². The van der Waals surface area contributed by atoms with E-state index in [1.165, 1.54) is 0 Å². The summed E-state index contributed by atoms with van der Waals surface area (Å²) < 4.78 is 11.0. The molecular formula is C24H42N4O6. The molecule has 2 amide bonds. The third-order valence-corrected chi connectivity index (χ3v) is 5.48. The maximum absolute atomic E-state index is 12.5. The lowest BCUT2D eigenvalue weighted by Crippen LogP contribution is -2.55. The Labute approximate surface area is 203 Å². The Morgan fingerprint density at radius 1 is 0.618 bits per heavy atom. The molecule has 0 saturated carbocycles. The summed E-state index contributed by atoms with van der Waals surface area (Å²) in [4.78, 5) is 57.2. The molecule has 0 aromatic carbocycles. The second-order valence-corrected chi connectivity index (χ2v) is 11.0. The van der Waals surface area contributed by atoms with E-state index in [0.29, 0.717) is 65.2 Å². The first kappa shape index (κ1) is 28.0. The van der Waals surface area contributed by atoms with Gasteiger partial charge in [-0.05, 0) is 54.4 Å². The molecule has 194 valence electrons. The van der Waals surface area contributed by atoms with Gasteiger partial charge in [-0.15, -0.1) is 0 Å². The van der Waals surface area contributed by atoms with Crippen LogP contribution in [0.5, 0.6) is 0 Å². The monoisotopic (exact) mass is 482 g/mol. The summed E-state index contributed by atoms with van der Waals surface area (Å²) in [5.74, 6) is -1.56. The topological polar surface area (TPSA) is 99.7 Å². The van der Waals surface area contributed by atoms with Crippen LogP contribution in [0.15, 0.2) is 0 Å². The van der Waals surface area contributed by atoms with Gasteiger partial charge in [-0.2, -0.15) is 0 Å². The minimum absolute atomic E-state index is 0.123. The van der Waals surface area contributed by atoms with Gasteiger partial charge in [0.05, 0.1) is 13.1 Å². The Morgan fingerprint density at radius 3 is 1.29 bits per heavy atom. The van der Waals surface area contributed by atoms with E-state index in [-0.39, 0.29) is 25.0 Å². The fourth-order valence-electron chi connectivity index (χ4n) is 4.05. The van der Waals surface area contributed by atoms with E-state index in [4.69, 9.17) is 9.47 Å². The minimum atomic E-state index is -0.574. The van der Waals surface area contributed by atoms with Crippen molar-refractivity contribution in [3.8, 4) is 0 Å². The molecule has 0 aromatic rings. The summed E-state index contributed by atoms with van der Waals surface area (Å²) in [6.45, 7) is 15.5. The molecule has 0 radical (unpaired) electrons. The number of piperazine rings is 1. The summed E-state index contributed by atoms with van der Waals surface area (Å²) >= 11 is 0. The van der Waals surface area contributed by atoms with Crippen LogP contribution in [0, 0.1) is 0 Å². The van der Waals surface area contributed by atoms with Crippen molar-refractivity contribution in [2.75, 3.05) is 65.4 Å². The Bertz CT molecular complexity index is 681. The molecule has 3 heterocycles. The Kier molecular flexibility index (Phi) is 9.87. The summed E-state index contributed by atoms with van der Waals surface area (Å²) in [6, 6.07) is 0. The normalized spacial score (nSPS) is 20.3. The molecular weight excluding hydrogens is 440 g/mol. The molecule has 10 heteroatoms. The van der Waals surface area contributed by atoms with Crippen molar-refractivity contribution in [3.05, 3.63) is 0 Å². The average molecular weight is 483 g/mol. The Balaban J connectivity index is 2.12. The summed E-state index contributed by atoms with van der Waals surface area (Å²) in [5, 5.41) is 0. The first-order valence-electron chi connectivity index (χ1n) is 12.2. The van der Waals surface area contributed by atoms with Gasteiger partial charge in [-0.3, -0.25) is 29.0 Å². The summed E-state index contributed by atoms with van der Waals surface area (Å²) in [7, 11) is 0. The smallest absolute Gasteiger partial charge is 0.320 e. The number of amides is 2. The molecule has 3 fully saturated rings. The fraction of sp³-hybridized carbons (Fsp3) is 0.833. The zero-order chi connectivity index (χ0) is 25.5. The first-order chi connectivity index (χ1) is 15.7. The van der Waals surface area contributed by atoms with Gasteiger partial charge < -0.3 is 19.3 Å². The average Bonchev–Trinajstić information content (AvgIpc) is 2.67. The van der Waals surface area contributed by atoms with Crippen LogP contribution in [0.1, 0.15) is 54.4 Å². The lowest BCUT2D eigenvalue weighted by molar-refractivity contribution is -0.158. The first-order valence-corrected chi connectivity index (χ1v) is 12.2. The third-order valence-electron chi connectivity index (χ3n) is 5.48. The van der Waals surface area contributed by atoms with Crippen molar-refractivity contribution < 1.29 is 28.7 Å². The summed E-state index contributed by atoms with van der Waals surface area (Å²) in [6.07, 6.45) is 1.27. The van der Waals surface area contributed by atoms with Gasteiger partial charge in [0.15, 0.2) is 0 Å². The van der Waals surface area contributed by atoms with Gasteiger partial charge in [-0.1, -0.05) is 0 Å². The number of carbonyl (C=O) groups excluding carboxylic acids is 4. The molecule has 0 N–H and O–H groups in total. The molecule has 0 unspecified atom stereocenters. The highest BCUT2D eigenvalue weighted by Gasteiger charge is 2.32. The van der Waals surface area contributed by atoms with E-state index in [1.54, 1.807) is 9.80 Å². The molecule has 0 aromatic heterocycles. The highest BCUT2D eigenvalue weighted by molar-refractivity contribution is 6.35. The van der Waals surface area contributed by atoms with Crippen molar-refractivity contribution in [2.45, 2.75) is 65.6 Å². The predicted octanol–water partition coefficient (Wildman–Crippen LogP) is 0.738. The van der Waals surface area contributed by atoms with E-state index in [1.807, 2.05) is 51.3 Å². The van der Waals surface area contributed by atoms with Crippen LogP contribution in [0.25, 0.3) is 0 Å². The highest BCUT2D eigenvalue weighted by Crippen LogP contribution is 2.12. The van der Waals surface area contributed by atoms with Crippen molar-refractivity contribution in [2.24, 2.45) is 0 Å². The van der Waals surface area contributed by atoms with Gasteiger partial charge in [0.1, 0.15) is 11.2 Å². The van der Waals surface area contributed by atoms with Crippen LogP contribution >= 0.6 is 0 Å². The number of hydrogen-bond donors (Lipinski definition) is 0. The van der Waals surface area contributed by atoms with E-state index in [9.17, 15) is 19.2 Å². The molecule has 0 aliphatic carbocycles. The van der Waals surface area contributed by atoms with Crippen molar-refractivity contribution >= 4 is 23.8 Å². The van der Waals surface area contributed by atoms with Crippen LogP contribution in [0.4, 0.5) is 0 Å². The number of hydrogen-bond acceptors (Lipinski definition) is 8. The Morgan fingerprint density at radius 2 is 0.971 bits per heavy atom. The van der Waals surface area contributed by atoms with Crippen molar-refractivity contribution in [1.82, 2.24) is 19.6 Å². The van der Waals surface area contributed by atoms with E-state index >= 15 is 0 Å². The number of carbonyl (C=O) groups is 4. The third kappa shape index (κ3) is 9.97. The van der Waals surface area contributed by atoms with Crippen molar-refractivity contribution in [1.29, 1.82) is 0 Å². The second kappa shape index (κ2) is 12.0. The molecule has 2 bridgehead atoms. The van der Waals surface area contributed by atoms with E-state index in [0.717, 1.165) is 0 Å². The maximum Gasteiger partial charge on any atom is 0.320 e. The van der Waals surface area contributed by atoms with Gasteiger partial charge in [0.2, 0.25) is 0 Å². The van der Waals surface area contributed by atoms with Crippen molar-refractivity contribution in [3.63, 3.8) is 0 Å². The van der Waals surface area contributed by atoms with Crippen LogP contribution in [-0.2, 0) is 28.7 Å². The number of rotatable bonds is 4. The van der Waals surface area contributed by atoms with Crippen LogP contribution < -0.4 is 0 Å². The van der Waals surface area contributed by atoms with E-state index < -0.39 is 23.0 Å². The molecule has 3 rings (SSSR count). The highest BCUT2D eigenvalue weighted by atomic mass is 16.6. The van der Waals surface area contributed by atoms with Crippen LogP contribution in [0.3, 0.4) is 0 Å². The van der Waals surface area contributed by atoms with Gasteiger partial charge in [0.25, 0.3) is 0 Å². The number of fused-ring (bicyclic) bond motifs is 11.